The maximum atomic E-state index is 12.0. The average Bonchev–Trinajstić information content (AvgIpc) is 2.47. The van der Waals surface area contributed by atoms with Crippen molar-refractivity contribution >= 4 is 0 Å². The normalized spacial score (nSPS) is 11.0. The summed E-state index contributed by atoms with van der Waals surface area (Å²) in [5.41, 5.74) is 0.222. The highest BCUT2D eigenvalue weighted by Gasteiger charge is 2.28. The first-order valence-corrected chi connectivity index (χ1v) is 5.86. The van der Waals surface area contributed by atoms with E-state index in [0.29, 0.717) is 11.3 Å². The molecule has 0 aromatic carbocycles. The third-order valence-corrected chi connectivity index (χ3v) is 2.38. The Labute approximate surface area is 121 Å². The minimum atomic E-state index is -4.48. The monoisotopic (exact) mass is 311 g/mol. The topological polar surface area (TPSA) is 93.7 Å². The number of hydrogen-bond acceptors (Lipinski definition) is 6. The fraction of sp³-hybridized carbons (Fsp3) is 0.250. The van der Waals surface area contributed by atoms with Gasteiger partial charge in [-0.2, -0.15) is 23.5 Å². The van der Waals surface area contributed by atoms with Crippen molar-refractivity contribution in [3.8, 4) is 23.3 Å². The van der Waals surface area contributed by atoms with Crippen molar-refractivity contribution in [2.24, 2.45) is 0 Å². The van der Waals surface area contributed by atoms with Crippen LogP contribution in [0.4, 0.5) is 13.2 Å². The van der Waals surface area contributed by atoms with Crippen LogP contribution in [0.15, 0.2) is 29.3 Å². The number of nitriles is 1. The number of ether oxygens (including phenoxy) is 1. The van der Waals surface area contributed by atoms with Crippen LogP contribution < -0.4 is 10.3 Å². The van der Waals surface area contributed by atoms with Gasteiger partial charge in [-0.3, -0.25) is 4.79 Å². The van der Waals surface area contributed by atoms with E-state index in [1.54, 1.807) is 6.07 Å². The highest BCUT2D eigenvalue weighted by Crippen LogP contribution is 2.17. The molecule has 2 rings (SSSR count). The second-order valence-electron chi connectivity index (χ2n) is 4.03. The molecule has 2 heterocycles. The van der Waals surface area contributed by atoms with Gasteiger partial charge < -0.3 is 4.74 Å². The molecule has 10 heteroatoms. The number of aromatic nitrogens is 4. The zero-order valence-electron chi connectivity index (χ0n) is 10.9. The molecule has 0 amide bonds. The van der Waals surface area contributed by atoms with E-state index in [1.165, 1.54) is 24.5 Å². The highest BCUT2D eigenvalue weighted by molar-refractivity contribution is 5.55. The van der Waals surface area contributed by atoms with Gasteiger partial charge >= 0.3 is 12.2 Å². The van der Waals surface area contributed by atoms with Crippen LogP contribution in [0.5, 0.6) is 6.01 Å². The Balaban J connectivity index is 2.19. The minimum Gasteiger partial charge on any atom is -0.454 e. The molecule has 7 nitrogen and oxygen atoms in total. The van der Waals surface area contributed by atoms with Crippen LogP contribution in [0.3, 0.4) is 0 Å². The molecule has 2 aromatic rings. The Kier molecular flexibility index (Phi) is 4.36. The van der Waals surface area contributed by atoms with Crippen LogP contribution in [0, 0.1) is 11.3 Å². The molecule has 0 radical (unpaired) electrons. The van der Waals surface area contributed by atoms with Crippen molar-refractivity contribution in [3.05, 3.63) is 34.9 Å². The predicted molar refractivity (Wildman–Crippen MR) is 66.7 cm³/mol. The maximum Gasteiger partial charge on any atom is 0.422 e. The SMILES string of the molecule is N#CCn1nc(-c2cnc(OCC(F)(F)F)nc2)ccc1=O. The van der Waals surface area contributed by atoms with E-state index in [1.807, 2.05) is 0 Å². The van der Waals surface area contributed by atoms with Crippen LogP contribution in [0.2, 0.25) is 0 Å². The average molecular weight is 311 g/mol. The Bertz CT molecular complexity index is 749. The molecular weight excluding hydrogens is 303 g/mol. The molecule has 0 bridgehead atoms. The molecule has 0 aliphatic heterocycles. The molecule has 0 atom stereocenters. The summed E-state index contributed by atoms with van der Waals surface area (Å²) >= 11 is 0. The van der Waals surface area contributed by atoms with Gasteiger partial charge in [0.1, 0.15) is 6.54 Å². The van der Waals surface area contributed by atoms with Crippen LogP contribution in [0.1, 0.15) is 0 Å². The lowest BCUT2D eigenvalue weighted by Gasteiger charge is -2.07. The van der Waals surface area contributed by atoms with Crippen molar-refractivity contribution in [3.63, 3.8) is 0 Å². The van der Waals surface area contributed by atoms with Gasteiger partial charge in [0.15, 0.2) is 6.61 Å². The molecule has 0 N–H and O–H groups in total. The maximum absolute atomic E-state index is 12.0. The first kappa shape index (κ1) is 15.4. The molecule has 0 saturated carbocycles. The van der Waals surface area contributed by atoms with Crippen molar-refractivity contribution in [1.29, 1.82) is 5.26 Å². The first-order valence-electron chi connectivity index (χ1n) is 5.86. The summed E-state index contributed by atoms with van der Waals surface area (Å²) in [7, 11) is 0. The molecule has 0 unspecified atom stereocenters. The lowest BCUT2D eigenvalue weighted by Crippen LogP contribution is -2.21. The predicted octanol–water partition coefficient (Wildman–Crippen LogP) is 1.16. The van der Waals surface area contributed by atoms with Gasteiger partial charge in [0, 0.05) is 24.0 Å². The Morgan fingerprint density at radius 3 is 2.55 bits per heavy atom. The number of nitrogens with zero attached hydrogens (tertiary/aromatic N) is 5. The first-order chi connectivity index (χ1) is 10.4. The van der Waals surface area contributed by atoms with E-state index in [4.69, 9.17) is 5.26 Å². The highest BCUT2D eigenvalue weighted by atomic mass is 19.4. The third kappa shape index (κ3) is 4.02. The number of hydrogen-bond donors (Lipinski definition) is 0. The van der Waals surface area contributed by atoms with Crippen molar-refractivity contribution < 1.29 is 17.9 Å². The molecule has 114 valence electrons. The van der Waals surface area contributed by atoms with Crippen molar-refractivity contribution in [2.75, 3.05) is 6.61 Å². The van der Waals surface area contributed by atoms with E-state index in [-0.39, 0.29) is 6.54 Å². The molecule has 0 aliphatic carbocycles. The molecule has 0 aliphatic rings. The Morgan fingerprint density at radius 1 is 1.27 bits per heavy atom. The summed E-state index contributed by atoms with van der Waals surface area (Å²) < 4.78 is 41.3. The van der Waals surface area contributed by atoms with Gasteiger partial charge in [-0.1, -0.05) is 0 Å². The summed E-state index contributed by atoms with van der Waals surface area (Å²) in [6.45, 7) is -1.71. The van der Waals surface area contributed by atoms with Gasteiger partial charge in [0.2, 0.25) is 0 Å². The summed E-state index contributed by atoms with van der Waals surface area (Å²) in [4.78, 5) is 18.7. The van der Waals surface area contributed by atoms with E-state index in [9.17, 15) is 18.0 Å². The molecule has 0 fully saturated rings. The van der Waals surface area contributed by atoms with Gasteiger partial charge in [0.25, 0.3) is 5.56 Å². The van der Waals surface area contributed by atoms with Gasteiger partial charge in [0.05, 0.1) is 11.8 Å². The molecule has 2 aromatic heterocycles. The minimum absolute atomic E-state index is 0.222. The number of rotatable bonds is 4. The van der Waals surface area contributed by atoms with Crippen LogP contribution in [0.25, 0.3) is 11.3 Å². The summed E-state index contributed by atoms with van der Waals surface area (Å²) in [6, 6.07) is 3.97. The smallest absolute Gasteiger partial charge is 0.422 e. The summed E-state index contributed by atoms with van der Waals surface area (Å²) in [5, 5.41) is 12.5. The van der Waals surface area contributed by atoms with E-state index in [2.05, 4.69) is 19.8 Å². The summed E-state index contributed by atoms with van der Waals surface area (Å²) in [6.07, 6.45) is -2.05. The summed E-state index contributed by atoms with van der Waals surface area (Å²) in [5.74, 6) is 0. The number of halogens is 3. The van der Waals surface area contributed by atoms with Gasteiger partial charge in [-0.05, 0) is 6.07 Å². The fourth-order valence-corrected chi connectivity index (χ4v) is 1.45. The largest absolute Gasteiger partial charge is 0.454 e. The van der Waals surface area contributed by atoms with E-state index >= 15 is 0 Å². The quantitative estimate of drug-likeness (QED) is 0.841. The lowest BCUT2D eigenvalue weighted by atomic mass is 10.2. The van der Waals surface area contributed by atoms with Crippen LogP contribution >= 0.6 is 0 Å². The standard InChI is InChI=1S/C12H8F3N5O2/c13-12(14,15)7-22-11-17-5-8(6-18-11)9-1-2-10(21)20(19-9)4-3-16/h1-2,5-6H,4,7H2. The molecule has 0 saturated heterocycles. The second kappa shape index (κ2) is 6.21. The second-order valence-corrected chi connectivity index (χ2v) is 4.03. The lowest BCUT2D eigenvalue weighted by molar-refractivity contribution is -0.154. The molecular formula is C12H8F3N5O2. The molecule has 0 spiro atoms. The molecule has 22 heavy (non-hydrogen) atoms. The van der Waals surface area contributed by atoms with Crippen molar-refractivity contribution in [1.82, 2.24) is 19.7 Å². The zero-order valence-corrected chi connectivity index (χ0v) is 10.9. The van der Waals surface area contributed by atoms with Gasteiger partial charge in [-0.25, -0.2) is 14.6 Å². The van der Waals surface area contributed by atoms with Crippen LogP contribution in [-0.2, 0) is 6.54 Å². The number of alkyl halides is 3. The zero-order chi connectivity index (χ0) is 16.2. The van der Waals surface area contributed by atoms with Crippen LogP contribution in [-0.4, -0.2) is 32.5 Å². The van der Waals surface area contributed by atoms with E-state index in [0.717, 1.165) is 4.68 Å². The van der Waals surface area contributed by atoms with Gasteiger partial charge in [-0.15, -0.1) is 0 Å². The Hall–Kier alpha value is -2.96. The van der Waals surface area contributed by atoms with E-state index < -0.39 is 24.4 Å². The Morgan fingerprint density at radius 2 is 1.95 bits per heavy atom. The third-order valence-electron chi connectivity index (χ3n) is 2.38. The van der Waals surface area contributed by atoms with Crippen molar-refractivity contribution in [2.45, 2.75) is 12.7 Å². The fourth-order valence-electron chi connectivity index (χ4n) is 1.45.